The van der Waals surface area contributed by atoms with Gasteiger partial charge < -0.3 is 9.67 Å². The van der Waals surface area contributed by atoms with Gasteiger partial charge in [-0.15, -0.1) is 0 Å². The van der Waals surface area contributed by atoms with Crippen LogP contribution in [0.3, 0.4) is 0 Å². The number of nitrogens with zero attached hydrogens (tertiary/aromatic N) is 2. The Morgan fingerprint density at radius 2 is 2.26 bits per heavy atom. The molecule has 2 rings (SSSR count). The third kappa shape index (κ3) is 3.81. The zero-order valence-electron chi connectivity index (χ0n) is 11.5. The van der Waals surface area contributed by atoms with Crippen molar-refractivity contribution in [2.24, 2.45) is 5.92 Å². The lowest BCUT2D eigenvalue weighted by molar-refractivity contribution is 0.199. The van der Waals surface area contributed by atoms with Gasteiger partial charge in [0.05, 0.1) is 12.4 Å². The van der Waals surface area contributed by atoms with Crippen molar-refractivity contribution in [2.75, 3.05) is 19.3 Å². The molecule has 1 fully saturated rings. The van der Waals surface area contributed by atoms with Gasteiger partial charge in [-0.25, -0.2) is 12.7 Å². The number of aliphatic hydroxyl groups is 1. The van der Waals surface area contributed by atoms with Crippen LogP contribution in [0.25, 0.3) is 0 Å². The minimum absolute atomic E-state index is 0.345. The van der Waals surface area contributed by atoms with E-state index in [9.17, 15) is 13.5 Å². The smallest absolute Gasteiger partial charge is 0.211 e. The number of aliphatic hydroxyl groups excluding tert-OH is 1. The highest BCUT2D eigenvalue weighted by molar-refractivity contribution is 7.88. The molecule has 0 aliphatic carbocycles. The van der Waals surface area contributed by atoms with E-state index in [2.05, 4.69) is 0 Å². The first kappa shape index (κ1) is 14.6. The number of hydrogen-bond acceptors (Lipinski definition) is 3. The van der Waals surface area contributed by atoms with Crippen molar-refractivity contribution >= 4 is 10.0 Å². The average Bonchev–Trinajstić information content (AvgIpc) is 2.77. The second kappa shape index (κ2) is 5.64. The van der Waals surface area contributed by atoms with Gasteiger partial charge in [-0.2, -0.15) is 0 Å². The lowest BCUT2D eigenvalue weighted by Gasteiger charge is -2.31. The van der Waals surface area contributed by atoms with Crippen LogP contribution in [-0.2, 0) is 16.6 Å². The summed E-state index contributed by atoms with van der Waals surface area (Å²) in [5.74, 6) is 0.345. The standard InChI is InChI=1S/C13H22N2O3S/c1-11(16)13-5-7-14(10-13)8-12-4-3-6-15(9-12)19(2,17)18/h5,7,10-12,16H,3-4,6,8-9H2,1-2H3. The SMILES string of the molecule is CC(O)c1ccn(CC2CCCN(S(C)(=O)=O)C2)c1. The van der Waals surface area contributed by atoms with Gasteiger partial charge in [-0.05, 0) is 37.3 Å². The van der Waals surface area contributed by atoms with E-state index in [0.717, 1.165) is 24.9 Å². The highest BCUT2D eigenvalue weighted by Crippen LogP contribution is 2.21. The van der Waals surface area contributed by atoms with Gasteiger partial charge in [0.15, 0.2) is 0 Å². The zero-order chi connectivity index (χ0) is 14.0. The minimum atomic E-state index is -3.08. The molecule has 1 aromatic rings. The third-order valence-electron chi connectivity index (χ3n) is 3.68. The second-order valence-corrected chi connectivity index (χ2v) is 7.43. The molecule has 1 saturated heterocycles. The molecule has 2 heterocycles. The molecule has 19 heavy (non-hydrogen) atoms. The Morgan fingerprint density at radius 1 is 1.53 bits per heavy atom. The van der Waals surface area contributed by atoms with Crippen molar-refractivity contribution in [3.63, 3.8) is 0 Å². The van der Waals surface area contributed by atoms with Crippen LogP contribution in [0.1, 0.15) is 31.4 Å². The molecule has 0 spiro atoms. The summed E-state index contributed by atoms with van der Waals surface area (Å²) in [7, 11) is -3.08. The van der Waals surface area contributed by atoms with Crippen molar-refractivity contribution in [3.05, 3.63) is 24.0 Å². The van der Waals surface area contributed by atoms with E-state index in [0.29, 0.717) is 19.0 Å². The fraction of sp³-hybridized carbons (Fsp3) is 0.692. The molecule has 1 aliphatic rings. The van der Waals surface area contributed by atoms with Gasteiger partial charge >= 0.3 is 0 Å². The maximum absolute atomic E-state index is 11.6. The molecule has 2 unspecified atom stereocenters. The Hall–Kier alpha value is -0.850. The van der Waals surface area contributed by atoms with E-state index < -0.39 is 16.1 Å². The summed E-state index contributed by atoms with van der Waals surface area (Å²) < 4.78 is 26.7. The predicted molar refractivity (Wildman–Crippen MR) is 74.2 cm³/mol. The van der Waals surface area contributed by atoms with Gasteiger partial charge in [0.25, 0.3) is 0 Å². The van der Waals surface area contributed by atoms with Crippen molar-refractivity contribution in [1.29, 1.82) is 0 Å². The average molecular weight is 286 g/mol. The number of hydrogen-bond donors (Lipinski definition) is 1. The number of sulfonamides is 1. The summed E-state index contributed by atoms with van der Waals surface area (Å²) in [6.07, 6.45) is 6.67. The lowest BCUT2D eigenvalue weighted by Crippen LogP contribution is -2.40. The Balaban J connectivity index is 1.98. The summed E-state index contributed by atoms with van der Waals surface area (Å²) in [5.41, 5.74) is 0.899. The maximum atomic E-state index is 11.6. The molecule has 1 aliphatic heterocycles. The normalized spacial score (nSPS) is 23.4. The van der Waals surface area contributed by atoms with Crippen LogP contribution in [0, 0.1) is 5.92 Å². The lowest BCUT2D eigenvalue weighted by atomic mass is 10.00. The van der Waals surface area contributed by atoms with Crippen molar-refractivity contribution in [1.82, 2.24) is 8.87 Å². The highest BCUT2D eigenvalue weighted by atomic mass is 32.2. The van der Waals surface area contributed by atoms with Crippen molar-refractivity contribution in [2.45, 2.75) is 32.4 Å². The van der Waals surface area contributed by atoms with Crippen molar-refractivity contribution < 1.29 is 13.5 Å². The Bertz CT molecular complexity index is 522. The quantitative estimate of drug-likeness (QED) is 0.905. The Kier molecular flexibility index (Phi) is 4.32. The first-order valence-corrected chi connectivity index (χ1v) is 8.50. The Morgan fingerprint density at radius 3 is 2.84 bits per heavy atom. The number of rotatable bonds is 4. The molecule has 6 heteroatoms. The van der Waals surface area contributed by atoms with E-state index >= 15 is 0 Å². The molecular formula is C13H22N2O3S. The van der Waals surface area contributed by atoms with Crippen LogP contribution >= 0.6 is 0 Å². The van der Waals surface area contributed by atoms with Crippen LogP contribution in [0.15, 0.2) is 18.5 Å². The molecule has 5 nitrogen and oxygen atoms in total. The molecule has 0 radical (unpaired) electrons. The molecule has 108 valence electrons. The summed E-state index contributed by atoms with van der Waals surface area (Å²) in [5, 5.41) is 9.49. The van der Waals surface area contributed by atoms with Gasteiger partial charge in [0, 0.05) is 32.0 Å². The topological polar surface area (TPSA) is 62.5 Å². The molecular weight excluding hydrogens is 264 g/mol. The fourth-order valence-corrected chi connectivity index (χ4v) is 3.54. The van der Waals surface area contributed by atoms with Crippen LogP contribution in [0.2, 0.25) is 0 Å². The predicted octanol–water partition coefficient (Wildman–Crippen LogP) is 1.21. The van der Waals surface area contributed by atoms with E-state index in [-0.39, 0.29) is 0 Å². The Labute approximate surface area is 114 Å². The molecule has 0 bridgehead atoms. The summed E-state index contributed by atoms with van der Waals surface area (Å²) in [6.45, 7) is 3.78. The fourth-order valence-electron chi connectivity index (χ4n) is 2.60. The van der Waals surface area contributed by atoms with E-state index in [1.54, 1.807) is 11.2 Å². The van der Waals surface area contributed by atoms with Crippen LogP contribution in [-0.4, -0.2) is 41.7 Å². The molecule has 1 aromatic heterocycles. The van der Waals surface area contributed by atoms with Crippen LogP contribution < -0.4 is 0 Å². The summed E-state index contributed by atoms with van der Waals surface area (Å²) in [4.78, 5) is 0. The number of aromatic nitrogens is 1. The van der Waals surface area contributed by atoms with Crippen molar-refractivity contribution in [3.8, 4) is 0 Å². The van der Waals surface area contributed by atoms with Crippen LogP contribution in [0.5, 0.6) is 0 Å². The monoisotopic (exact) mass is 286 g/mol. The largest absolute Gasteiger partial charge is 0.389 e. The molecule has 0 aromatic carbocycles. The second-order valence-electron chi connectivity index (χ2n) is 5.45. The van der Waals surface area contributed by atoms with Gasteiger partial charge in [-0.3, -0.25) is 0 Å². The van der Waals surface area contributed by atoms with Crippen LogP contribution in [0.4, 0.5) is 0 Å². The van der Waals surface area contributed by atoms with Gasteiger partial charge in [0.2, 0.25) is 10.0 Å². The van der Waals surface area contributed by atoms with E-state index in [4.69, 9.17) is 0 Å². The first-order chi connectivity index (χ1) is 8.86. The first-order valence-electron chi connectivity index (χ1n) is 6.65. The number of piperidine rings is 1. The summed E-state index contributed by atoms with van der Waals surface area (Å²) in [6, 6.07) is 1.90. The molecule has 0 amide bonds. The maximum Gasteiger partial charge on any atom is 0.211 e. The zero-order valence-corrected chi connectivity index (χ0v) is 12.3. The minimum Gasteiger partial charge on any atom is -0.389 e. The molecule has 1 N–H and O–H groups in total. The van der Waals surface area contributed by atoms with Gasteiger partial charge in [-0.1, -0.05) is 0 Å². The van der Waals surface area contributed by atoms with E-state index in [1.165, 1.54) is 6.26 Å². The van der Waals surface area contributed by atoms with E-state index in [1.807, 2.05) is 23.0 Å². The highest BCUT2D eigenvalue weighted by Gasteiger charge is 2.25. The summed E-state index contributed by atoms with van der Waals surface area (Å²) >= 11 is 0. The molecule has 0 saturated carbocycles. The molecule has 2 atom stereocenters. The van der Waals surface area contributed by atoms with Gasteiger partial charge in [0.1, 0.15) is 0 Å². The third-order valence-corrected chi connectivity index (χ3v) is 4.95.